The molecule has 5 rings (SSSR count). The van der Waals surface area contributed by atoms with E-state index in [1.165, 1.54) is 12.4 Å². The standard InChI is InChI=1S/C23H21F2N5O2S/c24-19-12-16(13-20(25)23(19)29-9-3-6-26-8-11-29)33(31,32)30-10-5-17-18(14-27-15-22(17)30)21-4-1-2-7-28-21/h1-2,4-5,7,10,12-15,26H,3,6,8-9,11H2. The first-order valence-corrected chi connectivity index (χ1v) is 12.0. The zero-order valence-electron chi connectivity index (χ0n) is 17.6. The molecule has 0 unspecified atom stereocenters. The first-order chi connectivity index (χ1) is 16.0. The molecule has 0 bridgehead atoms. The zero-order chi connectivity index (χ0) is 23.0. The maximum Gasteiger partial charge on any atom is 0.268 e. The van der Waals surface area contributed by atoms with Crippen molar-refractivity contribution in [2.75, 3.05) is 31.1 Å². The Morgan fingerprint density at radius 1 is 1.00 bits per heavy atom. The third-order valence-electron chi connectivity index (χ3n) is 5.72. The summed E-state index contributed by atoms with van der Waals surface area (Å²) in [6.45, 7) is 2.28. The minimum absolute atomic E-state index is 0.200. The van der Waals surface area contributed by atoms with Crippen molar-refractivity contribution in [2.24, 2.45) is 0 Å². The Bertz CT molecular complexity index is 1390. The van der Waals surface area contributed by atoms with E-state index in [1.807, 2.05) is 6.07 Å². The lowest BCUT2D eigenvalue weighted by Crippen LogP contribution is -2.29. The van der Waals surface area contributed by atoms with Gasteiger partial charge >= 0.3 is 0 Å². The van der Waals surface area contributed by atoms with Gasteiger partial charge in [-0.3, -0.25) is 9.97 Å². The molecule has 7 nitrogen and oxygen atoms in total. The van der Waals surface area contributed by atoms with Crippen LogP contribution in [0.3, 0.4) is 0 Å². The van der Waals surface area contributed by atoms with Gasteiger partial charge in [0.2, 0.25) is 0 Å². The molecular weight excluding hydrogens is 448 g/mol. The summed E-state index contributed by atoms with van der Waals surface area (Å²) in [5.74, 6) is -1.81. The van der Waals surface area contributed by atoms with Crippen LogP contribution in [0.4, 0.5) is 14.5 Å². The summed E-state index contributed by atoms with van der Waals surface area (Å²) in [6, 6.07) is 8.79. The second-order valence-corrected chi connectivity index (χ2v) is 9.59. The topological polar surface area (TPSA) is 80.1 Å². The average molecular weight is 470 g/mol. The number of nitrogens with one attached hydrogen (secondary N) is 1. The highest BCUT2D eigenvalue weighted by molar-refractivity contribution is 7.90. The first kappa shape index (κ1) is 21.5. The molecule has 170 valence electrons. The summed E-state index contributed by atoms with van der Waals surface area (Å²) < 4.78 is 57.7. The molecule has 1 aromatic carbocycles. The molecule has 0 amide bonds. The molecule has 1 N–H and O–H groups in total. The molecular formula is C23H21F2N5O2S. The normalized spacial score (nSPS) is 15.0. The lowest BCUT2D eigenvalue weighted by Gasteiger charge is -2.23. The quantitative estimate of drug-likeness (QED) is 0.494. The molecule has 33 heavy (non-hydrogen) atoms. The maximum atomic E-state index is 15.0. The van der Waals surface area contributed by atoms with E-state index >= 15 is 8.78 Å². The van der Waals surface area contributed by atoms with Gasteiger partial charge in [-0.25, -0.2) is 21.2 Å². The Balaban J connectivity index is 1.58. The van der Waals surface area contributed by atoms with Crippen LogP contribution in [0.2, 0.25) is 0 Å². The third-order valence-corrected chi connectivity index (χ3v) is 7.39. The van der Waals surface area contributed by atoms with Crippen LogP contribution in [0, 0.1) is 11.6 Å². The molecule has 0 radical (unpaired) electrons. The number of hydrogen-bond acceptors (Lipinski definition) is 6. The molecule has 0 aliphatic carbocycles. The minimum atomic E-state index is -4.28. The summed E-state index contributed by atoms with van der Waals surface area (Å²) in [4.78, 5) is 9.61. The van der Waals surface area contributed by atoms with Gasteiger partial charge < -0.3 is 10.2 Å². The van der Waals surface area contributed by atoms with Gasteiger partial charge in [0.15, 0.2) is 11.6 Å². The highest BCUT2D eigenvalue weighted by atomic mass is 32.2. The Kier molecular flexibility index (Phi) is 5.55. The fourth-order valence-electron chi connectivity index (χ4n) is 4.14. The van der Waals surface area contributed by atoms with Crippen LogP contribution in [-0.2, 0) is 10.0 Å². The number of pyridine rings is 2. The average Bonchev–Trinajstić information content (AvgIpc) is 3.09. The molecule has 1 aliphatic rings. The first-order valence-electron chi connectivity index (χ1n) is 10.5. The van der Waals surface area contributed by atoms with Crippen molar-refractivity contribution >= 4 is 26.6 Å². The largest absolute Gasteiger partial charge is 0.365 e. The lowest BCUT2D eigenvalue weighted by molar-refractivity contribution is 0.557. The maximum absolute atomic E-state index is 15.0. The lowest BCUT2D eigenvalue weighted by atomic mass is 10.1. The predicted octanol–water partition coefficient (Wildman–Crippen LogP) is 3.41. The number of halogens is 2. The van der Waals surface area contributed by atoms with E-state index in [-0.39, 0.29) is 5.69 Å². The van der Waals surface area contributed by atoms with Gasteiger partial charge in [0, 0.05) is 49.2 Å². The van der Waals surface area contributed by atoms with Crippen molar-refractivity contribution in [1.82, 2.24) is 19.3 Å². The molecule has 0 spiro atoms. The van der Waals surface area contributed by atoms with Crippen molar-refractivity contribution in [1.29, 1.82) is 0 Å². The third kappa shape index (κ3) is 3.85. The molecule has 4 heterocycles. The fraction of sp³-hybridized carbons (Fsp3) is 0.217. The van der Waals surface area contributed by atoms with Crippen molar-refractivity contribution in [2.45, 2.75) is 11.3 Å². The van der Waals surface area contributed by atoms with Gasteiger partial charge in [0.05, 0.1) is 22.3 Å². The number of hydrogen-bond donors (Lipinski definition) is 1. The van der Waals surface area contributed by atoms with E-state index < -0.39 is 26.6 Å². The molecule has 1 saturated heterocycles. The molecule has 0 atom stereocenters. The van der Waals surface area contributed by atoms with Gasteiger partial charge in [-0.2, -0.15) is 0 Å². The van der Waals surface area contributed by atoms with Crippen LogP contribution in [-0.4, -0.2) is 48.5 Å². The van der Waals surface area contributed by atoms with Gasteiger partial charge in [-0.1, -0.05) is 6.07 Å². The summed E-state index contributed by atoms with van der Waals surface area (Å²) >= 11 is 0. The second kappa shape index (κ2) is 8.53. The van der Waals surface area contributed by atoms with Gasteiger partial charge in [-0.15, -0.1) is 0 Å². The number of nitrogens with zero attached hydrogens (tertiary/aromatic N) is 4. The molecule has 1 fully saturated rings. The van der Waals surface area contributed by atoms with Crippen LogP contribution in [0.15, 0.2) is 66.1 Å². The predicted molar refractivity (Wildman–Crippen MR) is 122 cm³/mol. The van der Waals surface area contributed by atoms with Crippen LogP contribution < -0.4 is 10.2 Å². The number of anilines is 1. The summed E-state index contributed by atoms with van der Waals surface area (Å²) in [5.41, 5.74) is 1.39. The highest BCUT2D eigenvalue weighted by Gasteiger charge is 2.26. The van der Waals surface area contributed by atoms with Gasteiger partial charge in [0.25, 0.3) is 10.0 Å². The SMILES string of the molecule is O=S(=O)(c1cc(F)c(N2CCCNCC2)c(F)c1)n1ccc2c(-c3ccccn3)cncc21. The van der Waals surface area contributed by atoms with Crippen LogP contribution >= 0.6 is 0 Å². The summed E-state index contributed by atoms with van der Waals surface area (Å²) in [6.07, 6.45) is 6.74. The second-order valence-electron chi connectivity index (χ2n) is 7.78. The van der Waals surface area contributed by atoms with E-state index in [9.17, 15) is 8.42 Å². The van der Waals surface area contributed by atoms with Crippen molar-refractivity contribution in [3.05, 3.63) is 72.8 Å². The Morgan fingerprint density at radius 2 is 1.82 bits per heavy atom. The Hall–Kier alpha value is -3.37. The Labute approximate surface area is 189 Å². The summed E-state index contributed by atoms with van der Waals surface area (Å²) in [5, 5.41) is 3.79. The van der Waals surface area contributed by atoms with E-state index in [0.29, 0.717) is 41.8 Å². The van der Waals surface area contributed by atoms with Crippen molar-refractivity contribution < 1.29 is 17.2 Å². The highest BCUT2D eigenvalue weighted by Crippen LogP contribution is 2.32. The van der Waals surface area contributed by atoms with Crippen LogP contribution in [0.5, 0.6) is 0 Å². The molecule has 0 saturated carbocycles. The van der Waals surface area contributed by atoms with Gasteiger partial charge in [-0.05, 0) is 43.3 Å². The fourth-order valence-corrected chi connectivity index (χ4v) is 5.50. The van der Waals surface area contributed by atoms with E-state index in [4.69, 9.17) is 0 Å². The van der Waals surface area contributed by atoms with E-state index in [1.54, 1.807) is 35.5 Å². The number of aromatic nitrogens is 3. The molecule has 10 heteroatoms. The minimum Gasteiger partial charge on any atom is -0.365 e. The van der Waals surface area contributed by atoms with Crippen LogP contribution in [0.25, 0.3) is 22.2 Å². The Morgan fingerprint density at radius 3 is 2.58 bits per heavy atom. The molecule has 1 aliphatic heterocycles. The molecule has 3 aromatic heterocycles. The number of rotatable bonds is 4. The van der Waals surface area contributed by atoms with Gasteiger partial charge in [0.1, 0.15) is 5.69 Å². The molecule has 4 aromatic rings. The van der Waals surface area contributed by atoms with E-state index in [0.717, 1.165) is 29.1 Å². The van der Waals surface area contributed by atoms with Crippen molar-refractivity contribution in [3.63, 3.8) is 0 Å². The number of fused-ring (bicyclic) bond motifs is 1. The van der Waals surface area contributed by atoms with E-state index in [2.05, 4.69) is 15.3 Å². The zero-order valence-corrected chi connectivity index (χ0v) is 18.4. The van der Waals surface area contributed by atoms with Crippen LogP contribution in [0.1, 0.15) is 6.42 Å². The summed E-state index contributed by atoms with van der Waals surface area (Å²) in [7, 11) is -4.28. The number of benzene rings is 1. The monoisotopic (exact) mass is 469 g/mol. The van der Waals surface area contributed by atoms with Crippen molar-refractivity contribution in [3.8, 4) is 11.3 Å². The smallest absolute Gasteiger partial charge is 0.268 e.